The van der Waals surface area contributed by atoms with Crippen molar-refractivity contribution in [1.29, 1.82) is 0 Å². The molecule has 1 aliphatic rings. The van der Waals surface area contributed by atoms with Crippen LogP contribution in [-0.2, 0) is 28.0 Å². The summed E-state index contributed by atoms with van der Waals surface area (Å²) in [4.78, 5) is 33.4. The van der Waals surface area contributed by atoms with E-state index in [9.17, 15) is 31.5 Å². The van der Waals surface area contributed by atoms with Gasteiger partial charge in [-0.05, 0) is 49.6 Å². The summed E-state index contributed by atoms with van der Waals surface area (Å²) in [5.74, 6) is -5.27. The molecule has 220 valence electrons. The van der Waals surface area contributed by atoms with Crippen LogP contribution >= 0.6 is 11.6 Å². The number of carbonyl (C=O) groups excluding carboxylic acids is 2. The highest BCUT2D eigenvalue weighted by atomic mass is 35.5. The number of nitrogens with one attached hydrogen (secondary N) is 1. The summed E-state index contributed by atoms with van der Waals surface area (Å²) in [6.45, 7) is 2.41. The molecule has 3 N–H and O–H groups in total. The number of carbonyl (C=O) groups is 2. The third kappa shape index (κ3) is 5.06. The Balaban J connectivity index is 1.54. The summed E-state index contributed by atoms with van der Waals surface area (Å²) in [5.41, 5.74) is 7.23. The summed E-state index contributed by atoms with van der Waals surface area (Å²) in [6, 6.07) is 11.6. The van der Waals surface area contributed by atoms with E-state index in [2.05, 4.69) is 20.4 Å². The van der Waals surface area contributed by atoms with E-state index in [1.807, 2.05) is 12.1 Å². The van der Waals surface area contributed by atoms with Crippen molar-refractivity contribution in [2.24, 2.45) is 0 Å². The normalized spacial score (nSPS) is 17.0. The number of halogens is 6. The second-order valence-electron chi connectivity index (χ2n) is 10.3. The van der Waals surface area contributed by atoms with E-state index in [1.165, 1.54) is 25.1 Å². The molecule has 0 spiro atoms. The van der Waals surface area contributed by atoms with Crippen molar-refractivity contribution >= 4 is 45.8 Å². The maximum absolute atomic E-state index is 13.7. The number of ketones is 1. The molecule has 14 heteroatoms. The zero-order valence-electron chi connectivity index (χ0n) is 22.3. The summed E-state index contributed by atoms with van der Waals surface area (Å²) >= 11 is 6.07. The number of alkyl halides is 5. The second kappa shape index (κ2) is 10.3. The van der Waals surface area contributed by atoms with Crippen LogP contribution in [0.1, 0.15) is 43.4 Å². The van der Waals surface area contributed by atoms with Gasteiger partial charge in [0, 0.05) is 29.8 Å². The molecule has 2 aromatic heterocycles. The maximum Gasteiger partial charge on any atom is 0.453 e. The Labute approximate surface area is 241 Å². The number of hydrogen-bond acceptors (Lipinski definition) is 6. The lowest BCUT2D eigenvalue weighted by atomic mass is 9.77. The minimum absolute atomic E-state index is 0.0447. The average molecular weight is 607 g/mol. The largest absolute Gasteiger partial charge is 0.453 e. The van der Waals surface area contributed by atoms with E-state index < -0.39 is 36.4 Å². The topological polar surface area (TPSA) is 116 Å². The molecule has 1 amide bonds. The van der Waals surface area contributed by atoms with Gasteiger partial charge >= 0.3 is 12.1 Å². The molecule has 0 bridgehead atoms. The molecule has 8 nitrogen and oxygen atoms in total. The monoisotopic (exact) mass is 606 g/mol. The molecule has 0 saturated heterocycles. The van der Waals surface area contributed by atoms with Crippen LogP contribution in [0.3, 0.4) is 0 Å². The number of rotatable bonds is 8. The minimum Gasteiger partial charge on any atom is -0.383 e. The van der Waals surface area contributed by atoms with Crippen molar-refractivity contribution in [3.63, 3.8) is 0 Å². The summed E-state index contributed by atoms with van der Waals surface area (Å²) < 4.78 is 66.7. The fourth-order valence-electron chi connectivity index (χ4n) is 4.98. The van der Waals surface area contributed by atoms with Gasteiger partial charge in [0.15, 0.2) is 5.82 Å². The fourth-order valence-corrected chi connectivity index (χ4v) is 5.15. The number of anilines is 2. The lowest BCUT2D eigenvalue weighted by Crippen LogP contribution is -2.37. The van der Waals surface area contributed by atoms with Crippen LogP contribution in [0, 0.1) is 0 Å². The van der Waals surface area contributed by atoms with Crippen LogP contribution in [0.5, 0.6) is 0 Å². The zero-order valence-corrected chi connectivity index (χ0v) is 23.1. The van der Waals surface area contributed by atoms with Gasteiger partial charge in [-0.1, -0.05) is 35.9 Å². The lowest BCUT2D eigenvalue weighted by Gasteiger charge is -2.23. The molecule has 0 saturated carbocycles. The van der Waals surface area contributed by atoms with Gasteiger partial charge in [0.05, 0.1) is 11.1 Å². The molecule has 5 rings (SSSR count). The predicted octanol–water partition coefficient (Wildman–Crippen LogP) is 6.10. The molecule has 2 aromatic carbocycles. The molecule has 0 unspecified atom stereocenters. The molecule has 4 aromatic rings. The molecule has 3 heterocycles. The number of aryl methyl sites for hydroxylation is 2. The first kappa shape index (κ1) is 29.4. The predicted molar refractivity (Wildman–Crippen MR) is 146 cm³/mol. The first-order chi connectivity index (χ1) is 19.6. The Hall–Kier alpha value is -4.13. The van der Waals surface area contributed by atoms with Gasteiger partial charge in [0.2, 0.25) is 5.91 Å². The molecule has 0 radical (unpaired) electrons. The highest BCUT2D eigenvalue weighted by Crippen LogP contribution is 2.45. The van der Waals surface area contributed by atoms with Gasteiger partial charge < -0.3 is 15.8 Å². The van der Waals surface area contributed by atoms with Crippen LogP contribution < -0.4 is 11.1 Å². The molecular formula is C28H24ClF5N6O2. The van der Waals surface area contributed by atoms with Gasteiger partial charge in [-0.3, -0.25) is 9.48 Å². The van der Waals surface area contributed by atoms with Crippen LogP contribution in [0.4, 0.5) is 33.6 Å². The van der Waals surface area contributed by atoms with Gasteiger partial charge in [-0.2, -0.15) is 27.1 Å². The number of aromatic nitrogens is 4. The van der Waals surface area contributed by atoms with Gasteiger partial charge in [0.25, 0.3) is 0 Å². The highest BCUT2D eigenvalue weighted by molar-refractivity contribution is 6.31. The van der Waals surface area contributed by atoms with E-state index in [4.69, 9.17) is 17.3 Å². The third-order valence-electron chi connectivity index (χ3n) is 7.40. The lowest BCUT2D eigenvalue weighted by molar-refractivity contribution is -0.285. The fraction of sp³-hybridized carbons (Fsp3) is 0.321. The maximum atomic E-state index is 13.7. The first-order valence-electron chi connectivity index (χ1n) is 12.8. The van der Waals surface area contributed by atoms with E-state index in [-0.39, 0.29) is 39.5 Å². The Morgan fingerprint density at radius 2 is 1.79 bits per heavy atom. The van der Waals surface area contributed by atoms with E-state index in [1.54, 1.807) is 19.1 Å². The van der Waals surface area contributed by atoms with Crippen molar-refractivity contribution < 1.29 is 31.5 Å². The Morgan fingerprint density at radius 1 is 1.10 bits per heavy atom. The standard InChI is InChI=1S/C28H24ClF5N6O2/c1-14(41)3-4-15-5-7-16(8-6-15)26(2)20-22(35)36-24(37-23(20)38-25(26)42)21-18-10-9-17(29)13-19(18)40(39-21)12-11-27(30,31)28(32,33)34/h5-10,13H,3-4,11-12H2,1-2H3,(H3,35,36,37,38,42)/t26-/m0/s1. The number of hydrogen-bond donors (Lipinski definition) is 2. The van der Waals surface area contributed by atoms with Crippen molar-refractivity contribution in [1.82, 2.24) is 19.7 Å². The zero-order chi connectivity index (χ0) is 30.6. The van der Waals surface area contributed by atoms with Crippen LogP contribution in [0.2, 0.25) is 5.02 Å². The van der Waals surface area contributed by atoms with E-state index in [0.717, 1.165) is 10.2 Å². The SMILES string of the molecule is CC(=O)CCc1ccc([C@]2(C)C(=O)Nc3nc(-c4nn(CCC(F)(F)C(F)(F)F)c5cc(Cl)ccc45)nc(N)c32)cc1. The summed E-state index contributed by atoms with van der Waals surface area (Å²) in [7, 11) is 0. The second-order valence-corrected chi connectivity index (χ2v) is 10.8. The van der Waals surface area contributed by atoms with Crippen molar-refractivity contribution in [2.45, 2.75) is 57.2 Å². The third-order valence-corrected chi connectivity index (χ3v) is 7.63. The highest BCUT2D eigenvalue weighted by Gasteiger charge is 2.56. The number of amides is 1. The number of Topliss-reactive ketones (excluding diaryl/α,β-unsaturated/α-hetero) is 1. The molecule has 0 fully saturated rings. The number of nitrogen functional groups attached to an aromatic ring is 1. The van der Waals surface area contributed by atoms with E-state index >= 15 is 0 Å². The van der Waals surface area contributed by atoms with Crippen LogP contribution in [0.15, 0.2) is 42.5 Å². The van der Waals surface area contributed by atoms with Crippen LogP contribution in [-0.4, -0.2) is 43.5 Å². The first-order valence-corrected chi connectivity index (χ1v) is 13.2. The molecule has 1 aliphatic heterocycles. The molecule has 0 aliphatic carbocycles. The molecule has 1 atom stereocenters. The summed E-state index contributed by atoms with van der Waals surface area (Å²) in [5, 5.41) is 7.51. The number of fused-ring (bicyclic) bond motifs is 2. The Morgan fingerprint density at radius 3 is 2.43 bits per heavy atom. The van der Waals surface area contributed by atoms with Crippen molar-refractivity contribution in [3.05, 3.63) is 64.2 Å². The van der Waals surface area contributed by atoms with Gasteiger partial charge in [0.1, 0.15) is 28.5 Å². The smallest absolute Gasteiger partial charge is 0.383 e. The van der Waals surface area contributed by atoms with Gasteiger partial charge in [-0.15, -0.1) is 0 Å². The van der Waals surface area contributed by atoms with Crippen LogP contribution in [0.25, 0.3) is 22.4 Å². The van der Waals surface area contributed by atoms with E-state index in [0.29, 0.717) is 29.4 Å². The van der Waals surface area contributed by atoms with Crippen molar-refractivity contribution in [2.75, 3.05) is 11.1 Å². The summed E-state index contributed by atoms with van der Waals surface area (Å²) in [6.07, 6.45) is -6.31. The quantitative estimate of drug-likeness (QED) is 0.234. The van der Waals surface area contributed by atoms with Crippen molar-refractivity contribution in [3.8, 4) is 11.5 Å². The number of benzene rings is 2. The molecule has 42 heavy (non-hydrogen) atoms. The number of nitrogens with two attached hydrogens (primary N) is 1. The minimum atomic E-state index is -5.71. The number of nitrogens with zero attached hydrogens (tertiary/aromatic N) is 4. The van der Waals surface area contributed by atoms with Gasteiger partial charge in [-0.25, -0.2) is 9.97 Å². The Kier molecular flexibility index (Phi) is 7.20. The average Bonchev–Trinajstić information content (AvgIpc) is 3.40. The Bertz CT molecular complexity index is 1720. The molecular weight excluding hydrogens is 583 g/mol.